The second kappa shape index (κ2) is 4.64. The molecule has 2 atom stereocenters. The summed E-state index contributed by atoms with van der Waals surface area (Å²) in [5.41, 5.74) is 0. The Morgan fingerprint density at radius 1 is 1.15 bits per heavy atom. The number of hydrogen-bond acceptors (Lipinski definition) is 2. The van der Waals surface area contributed by atoms with Crippen LogP contribution in [0.15, 0.2) is 4.99 Å². The lowest BCUT2D eigenvalue weighted by Crippen LogP contribution is -2.33. The van der Waals surface area contributed by atoms with E-state index in [0.717, 1.165) is 11.8 Å². The van der Waals surface area contributed by atoms with Crippen LogP contribution in [-0.4, -0.2) is 18.4 Å². The van der Waals surface area contributed by atoms with Gasteiger partial charge in [-0.3, -0.25) is 4.99 Å². The Hall–Kier alpha value is -0.530. The molecule has 0 aromatic rings. The number of nitrogens with zero attached hydrogens (tertiary/aromatic N) is 1. The van der Waals surface area contributed by atoms with Gasteiger partial charge in [-0.1, -0.05) is 27.7 Å². The van der Waals surface area contributed by atoms with E-state index in [1.54, 1.807) is 0 Å². The van der Waals surface area contributed by atoms with Crippen LogP contribution in [-0.2, 0) is 0 Å². The maximum atomic E-state index is 4.47. The van der Waals surface area contributed by atoms with Gasteiger partial charge in [-0.15, -0.1) is 0 Å². The van der Waals surface area contributed by atoms with E-state index in [9.17, 15) is 0 Å². The largest absolute Gasteiger partial charge is 0.372 e. The van der Waals surface area contributed by atoms with E-state index in [1.165, 1.54) is 12.8 Å². The number of nitrogens with one attached hydrogen (secondary N) is 1. The standard InChI is InChI=1S/C11H22N2/c1-8(2)5-10-11(6-9(3)4)13-7-12-10/h7-11H,5-6H2,1-4H3,(H,12,13). The summed E-state index contributed by atoms with van der Waals surface area (Å²) < 4.78 is 0. The van der Waals surface area contributed by atoms with Crippen LogP contribution in [0.3, 0.4) is 0 Å². The molecule has 0 fully saturated rings. The van der Waals surface area contributed by atoms with E-state index in [0.29, 0.717) is 12.1 Å². The van der Waals surface area contributed by atoms with E-state index >= 15 is 0 Å². The summed E-state index contributed by atoms with van der Waals surface area (Å²) in [5, 5.41) is 3.35. The predicted molar refractivity (Wildman–Crippen MR) is 58.1 cm³/mol. The summed E-state index contributed by atoms with van der Waals surface area (Å²) in [5.74, 6) is 1.51. The van der Waals surface area contributed by atoms with Gasteiger partial charge in [-0.2, -0.15) is 0 Å². The van der Waals surface area contributed by atoms with E-state index in [2.05, 4.69) is 38.0 Å². The van der Waals surface area contributed by atoms with Gasteiger partial charge in [0.15, 0.2) is 0 Å². The van der Waals surface area contributed by atoms with E-state index < -0.39 is 0 Å². The number of rotatable bonds is 4. The first kappa shape index (κ1) is 10.6. The molecule has 0 aromatic carbocycles. The van der Waals surface area contributed by atoms with Gasteiger partial charge >= 0.3 is 0 Å². The van der Waals surface area contributed by atoms with E-state index in [1.807, 2.05) is 6.34 Å². The Kier molecular flexibility index (Phi) is 3.76. The molecule has 0 bridgehead atoms. The van der Waals surface area contributed by atoms with Crippen LogP contribution in [0.25, 0.3) is 0 Å². The highest BCUT2D eigenvalue weighted by Crippen LogP contribution is 2.19. The monoisotopic (exact) mass is 182 g/mol. The third-order valence-corrected chi connectivity index (χ3v) is 2.46. The molecular weight excluding hydrogens is 160 g/mol. The second-order valence-electron chi connectivity index (χ2n) is 4.88. The molecule has 2 unspecified atom stereocenters. The zero-order chi connectivity index (χ0) is 9.84. The van der Waals surface area contributed by atoms with Crippen molar-refractivity contribution in [3.63, 3.8) is 0 Å². The molecule has 0 amide bonds. The zero-order valence-corrected chi connectivity index (χ0v) is 9.25. The van der Waals surface area contributed by atoms with Crippen molar-refractivity contribution in [1.82, 2.24) is 5.32 Å². The van der Waals surface area contributed by atoms with Gasteiger partial charge in [0.05, 0.1) is 12.4 Å². The average Bonchev–Trinajstić information content (AvgIpc) is 2.34. The van der Waals surface area contributed by atoms with Crippen LogP contribution in [0.1, 0.15) is 40.5 Å². The molecular formula is C11H22N2. The molecule has 2 nitrogen and oxygen atoms in total. The third-order valence-electron chi connectivity index (χ3n) is 2.46. The van der Waals surface area contributed by atoms with Crippen molar-refractivity contribution >= 4 is 6.34 Å². The molecule has 1 heterocycles. The highest BCUT2D eigenvalue weighted by atomic mass is 15.1. The first-order chi connectivity index (χ1) is 6.09. The van der Waals surface area contributed by atoms with Crippen molar-refractivity contribution in [3.05, 3.63) is 0 Å². The molecule has 0 radical (unpaired) electrons. The van der Waals surface area contributed by atoms with Crippen LogP contribution < -0.4 is 5.32 Å². The molecule has 1 aliphatic heterocycles. The summed E-state index contributed by atoms with van der Waals surface area (Å²) in [6.45, 7) is 9.07. The van der Waals surface area contributed by atoms with Gasteiger partial charge < -0.3 is 5.32 Å². The van der Waals surface area contributed by atoms with Crippen LogP contribution >= 0.6 is 0 Å². The predicted octanol–water partition coefficient (Wildman–Crippen LogP) is 2.45. The fourth-order valence-electron chi connectivity index (χ4n) is 1.89. The fourth-order valence-corrected chi connectivity index (χ4v) is 1.89. The topological polar surface area (TPSA) is 24.4 Å². The van der Waals surface area contributed by atoms with Crippen LogP contribution in [0.4, 0.5) is 0 Å². The normalized spacial score (nSPS) is 27.2. The van der Waals surface area contributed by atoms with Gasteiger partial charge in [-0.25, -0.2) is 0 Å². The van der Waals surface area contributed by atoms with Crippen molar-refractivity contribution in [2.75, 3.05) is 0 Å². The lowest BCUT2D eigenvalue weighted by Gasteiger charge is -2.21. The van der Waals surface area contributed by atoms with Crippen molar-refractivity contribution in [3.8, 4) is 0 Å². The molecule has 1 rings (SSSR count). The summed E-state index contributed by atoms with van der Waals surface area (Å²) in [6, 6.07) is 1.10. The Balaban J connectivity index is 2.38. The summed E-state index contributed by atoms with van der Waals surface area (Å²) in [6.07, 6.45) is 4.33. The smallest absolute Gasteiger partial charge is 0.0831 e. The first-order valence-corrected chi connectivity index (χ1v) is 5.37. The zero-order valence-electron chi connectivity index (χ0n) is 9.25. The SMILES string of the molecule is CC(C)CC1N=CNC1CC(C)C. The number of aliphatic imine (C=N–C) groups is 1. The van der Waals surface area contributed by atoms with Crippen molar-refractivity contribution in [2.45, 2.75) is 52.6 Å². The lowest BCUT2D eigenvalue weighted by atomic mass is 9.93. The minimum absolute atomic E-state index is 0.516. The first-order valence-electron chi connectivity index (χ1n) is 5.37. The second-order valence-corrected chi connectivity index (χ2v) is 4.88. The minimum atomic E-state index is 0.516. The van der Waals surface area contributed by atoms with Crippen LogP contribution in [0.2, 0.25) is 0 Å². The summed E-state index contributed by atoms with van der Waals surface area (Å²) in [7, 11) is 0. The molecule has 13 heavy (non-hydrogen) atoms. The van der Waals surface area contributed by atoms with Crippen LogP contribution in [0.5, 0.6) is 0 Å². The molecule has 0 spiro atoms. The maximum absolute atomic E-state index is 4.47. The third kappa shape index (κ3) is 3.37. The highest BCUT2D eigenvalue weighted by molar-refractivity contribution is 5.58. The quantitative estimate of drug-likeness (QED) is 0.709. The number of hydrogen-bond donors (Lipinski definition) is 1. The summed E-state index contributed by atoms with van der Waals surface area (Å²) in [4.78, 5) is 4.47. The molecule has 0 aliphatic carbocycles. The van der Waals surface area contributed by atoms with Gasteiger partial charge in [0.2, 0.25) is 0 Å². The molecule has 0 saturated carbocycles. The Labute approximate surface area is 81.8 Å². The molecule has 76 valence electrons. The highest BCUT2D eigenvalue weighted by Gasteiger charge is 2.24. The molecule has 2 heteroatoms. The fraction of sp³-hybridized carbons (Fsp3) is 0.909. The van der Waals surface area contributed by atoms with Gasteiger partial charge in [0.25, 0.3) is 0 Å². The Morgan fingerprint density at radius 2 is 1.77 bits per heavy atom. The van der Waals surface area contributed by atoms with Crippen molar-refractivity contribution in [1.29, 1.82) is 0 Å². The maximum Gasteiger partial charge on any atom is 0.0831 e. The molecule has 1 N–H and O–H groups in total. The lowest BCUT2D eigenvalue weighted by molar-refractivity contribution is 0.382. The molecule has 0 saturated heterocycles. The minimum Gasteiger partial charge on any atom is -0.372 e. The van der Waals surface area contributed by atoms with Crippen molar-refractivity contribution in [2.24, 2.45) is 16.8 Å². The molecule has 1 aliphatic rings. The van der Waals surface area contributed by atoms with Gasteiger partial charge in [-0.05, 0) is 24.7 Å². The van der Waals surface area contributed by atoms with E-state index in [-0.39, 0.29) is 0 Å². The Morgan fingerprint density at radius 3 is 2.31 bits per heavy atom. The molecule has 0 aromatic heterocycles. The van der Waals surface area contributed by atoms with Crippen LogP contribution in [0, 0.1) is 11.8 Å². The van der Waals surface area contributed by atoms with Crippen molar-refractivity contribution < 1.29 is 0 Å². The Bertz CT molecular complexity index is 173. The van der Waals surface area contributed by atoms with Gasteiger partial charge in [0, 0.05) is 6.04 Å². The average molecular weight is 182 g/mol. The van der Waals surface area contributed by atoms with Gasteiger partial charge in [0.1, 0.15) is 0 Å². The summed E-state index contributed by atoms with van der Waals surface area (Å²) >= 11 is 0. The van der Waals surface area contributed by atoms with E-state index in [4.69, 9.17) is 0 Å².